The average molecular weight is 833 g/mol. The maximum Gasteiger partial charge on any atom is 0.159 e. The molecule has 0 unspecified atom stereocenters. The van der Waals surface area contributed by atoms with Crippen LogP contribution in [0.3, 0.4) is 0 Å². The highest BCUT2D eigenvalue weighted by Gasteiger charge is 2.24. The van der Waals surface area contributed by atoms with Crippen LogP contribution < -0.4 is 9.80 Å². The van der Waals surface area contributed by atoms with Crippen molar-refractivity contribution in [2.45, 2.75) is 0 Å². The first kappa shape index (κ1) is 35.8. The maximum absolute atomic E-state index is 7.15. The normalized spacial score (nSPS) is 12.0. The van der Waals surface area contributed by atoms with Gasteiger partial charge in [0.2, 0.25) is 0 Å². The van der Waals surface area contributed by atoms with Gasteiger partial charge in [-0.1, -0.05) is 127 Å². The SMILES string of the molecule is c1ccc(N(c2ccc3c(ccc4c3oc3c5ccc(N(c6ccccc6)c6cccc7c6oc6ccccc67)cc5c5ccccc5c43)c2)c2cccc3c2oc2ccccc23)cc1. The van der Waals surface area contributed by atoms with Gasteiger partial charge >= 0.3 is 0 Å². The predicted molar refractivity (Wildman–Crippen MR) is 270 cm³/mol. The van der Waals surface area contributed by atoms with Crippen molar-refractivity contribution >= 4 is 132 Å². The van der Waals surface area contributed by atoms with Crippen molar-refractivity contribution < 1.29 is 13.3 Å². The zero-order valence-corrected chi connectivity index (χ0v) is 34.9. The molecule has 5 heteroatoms. The summed E-state index contributed by atoms with van der Waals surface area (Å²) < 4.78 is 20.4. The highest BCUT2D eigenvalue weighted by Crippen LogP contribution is 2.48. The lowest BCUT2D eigenvalue weighted by molar-refractivity contribution is 0.668. The average Bonchev–Trinajstić information content (AvgIpc) is 4.08. The Balaban J connectivity index is 0.963. The molecule has 3 heterocycles. The highest BCUT2D eigenvalue weighted by atomic mass is 16.3. The molecule has 0 N–H and O–H groups in total. The monoisotopic (exact) mass is 832 g/mol. The number of anilines is 6. The first-order valence-corrected chi connectivity index (χ1v) is 22.0. The summed E-state index contributed by atoms with van der Waals surface area (Å²) in [5, 5.41) is 13.2. The number of fused-ring (bicyclic) bond motifs is 16. The van der Waals surface area contributed by atoms with Crippen molar-refractivity contribution in [2.24, 2.45) is 0 Å². The Kier molecular flexibility index (Phi) is 7.62. The van der Waals surface area contributed by atoms with E-state index in [9.17, 15) is 0 Å². The van der Waals surface area contributed by atoms with Crippen molar-refractivity contribution in [3.05, 3.63) is 218 Å². The summed E-state index contributed by atoms with van der Waals surface area (Å²) in [7, 11) is 0. The number of rotatable bonds is 6. The Morgan fingerprint density at radius 1 is 0.246 bits per heavy atom. The molecule has 0 spiro atoms. The van der Waals surface area contributed by atoms with Crippen molar-refractivity contribution in [1.29, 1.82) is 0 Å². The second kappa shape index (κ2) is 13.9. The van der Waals surface area contributed by atoms with Gasteiger partial charge in [-0.2, -0.15) is 0 Å². The Morgan fingerprint density at radius 3 is 1.34 bits per heavy atom. The molecule has 11 aromatic carbocycles. The molecule has 0 radical (unpaired) electrons. The minimum atomic E-state index is 0.851. The summed E-state index contributed by atoms with van der Waals surface area (Å²) in [5.41, 5.74) is 11.3. The summed E-state index contributed by atoms with van der Waals surface area (Å²) in [5.74, 6) is 0. The van der Waals surface area contributed by atoms with E-state index in [1.165, 1.54) is 5.39 Å². The topological polar surface area (TPSA) is 45.9 Å². The third kappa shape index (κ3) is 5.33. The molecule has 304 valence electrons. The minimum Gasteiger partial charge on any atom is -0.455 e. The van der Waals surface area contributed by atoms with E-state index in [0.29, 0.717) is 0 Å². The molecule has 0 saturated carbocycles. The van der Waals surface area contributed by atoms with Crippen LogP contribution in [0.1, 0.15) is 0 Å². The van der Waals surface area contributed by atoms with Gasteiger partial charge in [-0.3, -0.25) is 0 Å². The van der Waals surface area contributed by atoms with Crippen molar-refractivity contribution in [2.75, 3.05) is 9.80 Å². The first-order valence-electron chi connectivity index (χ1n) is 22.0. The summed E-state index contributed by atoms with van der Waals surface area (Å²) in [6.45, 7) is 0. The van der Waals surface area contributed by atoms with Gasteiger partial charge in [-0.25, -0.2) is 0 Å². The van der Waals surface area contributed by atoms with E-state index >= 15 is 0 Å². The van der Waals surface area contributed by atoms with Gasteiger partial charge in [0.05, 0.1) is 11.4 Å². The molecule has 3 aromatic heterocycles. The molecule has 0 aliphatic heterocycles. The second-order valence-corrected chi connectivity index (χ2v) is 16.8. The van der Waals surface area contributed by atoms with Gasteiger partial charge in [0.15, 0.2) is 11.2 Å². The summed E-state index contributed by atoms with van der Waals surface area (Å²) in [6.07, 6.45) is 0. The van der Waals surface area contributed by atoms with Crippen LogP contribution >= 0.6 is 0 Å². The first-order chi connectivity index (χ1) is 32.2. The standard InChI is InChI=1S/C60H36N2O3/c1-3-15-38(16-4-1)61(52-25-13-23-47-44-20-9-11-27-54(44)63-58(47)52)40-30-33-42-37(35-40)29-32-50-56-46-22-8-7-19-43(46)51-36-41(31-34-49(51)60(56)65-57(42)50)62(39-17-5-2-6-18-39)53-26-14-24-48-45-21-10-12-28-55(45)64-59(48)53/h1-36H. The van der Waals surface area contributed by atoms with Crippen LogP contribution in [0.15, 0.2) is 232 Å². The van der Waals surface area contributed by atoms with Crippen LogP contribution in [0.2, 0.25) is 0 Å². The number of hydrogen-bond acceptors (Lipinski definition) is 5. The van der Waals surface area contributed by atoms with E-state index in [4.69, 9.17) is 13.3 Å². The van der Waals surface area contributed by atoms with E-state index in [1.54, 1.807) is 0 Å². The smallest absolute Gasteiger partial charge is 0.159 e. The van der Waals surface area contributed by atoms with Crippen molar-refractivity contribution in [3.63, 3.8) is 0 Å². The largest absolute Gasteiger partial charge is 0.455 e. The lowest BCUT2D eigenvalue weighted by Crippen LogP contribution is -2.10. The lowest BCUT2D eigenvalue weighted by atomic mass is 9.95. The van der Waals surface area contributed by atoms with Crippen LogP contribution in [0.4, 0.5) is 34.1 Å². The lowest BCUT2D eigenvalue weighted by Gasteiger charge is -2.26. The molecule has 65 heavy (non-hydrogen) atoms. The summed E-state index contributed by atoms with van der Waals surface area (Å²) >= 11 is 0. The van der Waals surface area contributed by atoms with Gasteiger partial charge in [0.25, 0.3) is 0 Å². The van der Waals surface area contributed by atoms with Crippen LogP contribution in [0, 0.1) is 0 Å². The Morgan fingerprint density at radius 2 is 0.723 bits per heavy atom. The van der Waals surface area contributed by atoms with Crippen LogP contribution in [-0.2, 0) is 0 Å². The molecule has 0 saturated heterocycles. The number of furan rings is 3. The third-order valence-corrected chi connectivity index (χ3v) is 13.2. The molecule has 0 atom stereocenters. The van der Waals surface area contributed by atoms with E-state index < -0.39 is 0 Å². The van der Waals surface area contributed by atoms with Gasteiger partial charge in [-0.05, 0) is 113 Å². The third-order valence-electron chi connectivity index (χ3n) is 13.2. The molecule has 14 aromatic rings. The highest BCUT2D eigenvalue weighted by molar-refractivity contribution is 6.32. The fraction of sp³-hybridized carbons (Fsp3) is 0. The molecular formula is C60H36N2O3. The zero-order chi connectivity index (χ0) is 42.6. The van der Waals surface area contributed by atoms with Crippen molar-refractivity contribution in [1.82, 2.24) is 0 Å². The van der Waals surface area contributed by atoms with Gasteiger partial charge in [-0.15, -0.1) is 0 Å². The number of hydrogen-bond donors (Lipinski definition) is 0. The van der Waals surface area contributed by atoms with Gasteiger partial charge < -0.3 is 23.1 Å². The summed E-state index contributed by atoms with van der Waals surface area (Å²) in [6, 6.07) is 77.0. The van der Waals surface area contributed by atoms with E-state index in [0.717, 1.165) is 127 Å². The fourth-order valence-electron chi connectivity index (χ4n) is 10.3. The molecule has 0 aliphatic rings. The Bertz CT molecular complexity index is 4200. The summed E-state index contributed by atoms with van der Waals surface area (Å²) in [4.78, 5) is 4.60. The zero-order valence-electron chi connectivity index (χ0n) is 34.9. The molecule has 0 aliphatic carbocycles. The molecule has 0 amide bonds. The Hall–Kier alpha value is -8.80. The van der Waals surface area contributed by atoms with Gasteiger partial charge in [0.1, 0.15) is 22.3 Å². The van der Waals surface area contributed by atoms with E-state index in [1.807, 2.05) is 24.3 Å². The van der Waals surface area contributed by atoms with Crippen molar-refractivity contribution in [3.8, 4) is 0 Å². The van der Waals surface area contributed by atoms with E-state index in [2.05, 4.69) is 204 Å². The van der Waals surface area contributed by atoms with Gasteiger partial charge in [0, 0.05) is 65.8 Å². The number of nitrogens with zero attached hydrogens (tertiary/aromatic N) is 2. The molecule has 5 nitrogen and oxygen atoms in total. The minimum absolute atomic E-state index is 0.851. The molecule has 0 fully saturated rings. The van der Waals surface area contributed by atoms with E-state index in [-0.39, 0.29) is 0 Å². The number of para-hydroxylation sites is 6. The molecule has 14 rings (SSSR count). The van der Waals surface area contributed by atoms with Crippen LogP contribution in [0.25, 0.3) is 98.1 Å². The number of benzene rings is 11. The van der Waals surface area contributed by atoms with Crippen LogP contribution in [-0.4, -0.2) is 0 Å². The fourth-order valence-corrected chi connectivity index (χ4v) is 10.3. The molecular weight excluding hydrogens is 797 g/mol. The maximum atomic E-state index is 7.15. The quantitative estimate of drug-likeness (QED) is 0.156. The predicted octanol–water partition coefficient (Wildman–Crippen LogP) is 17.8. The Labute approximate surface area is 372 Å². The van der Waals surface area contributed by atoms with Crippen LogP contribution in [0.5, 0.6) is 0 Å². The molecule has 0 bridgehead atoms. The second-order valence-electron chi connectivity index (χ2n) is 16.8.